The molecule has 1 unspecified atom stereocenters. The number of aromatic nitrogens is 4. The summed E-state index contributed by atoms with van der Waals surface area (Å²) in [5.41, 5.74) is 0.273. The highest BCUT2D eigenvalue weighted by molar-refractivity contribution is 6.33. The van der Waals surface area contributed by atoms with Gasteiger partial charge in [0.05, 0.1) is 35.0 Å². The standard InChI is InChI=1S/C31H38ClFN8O3/c1-20(16-44-17-29-36-15-25(33)30(42)41-29)38-21-5-7-22(8-6-21)39-28-13-23(24(32)14-35-28)26-3-2-4-27(40-26)37-19-31(18-34)9-11-43-12-10-31/h2-4,13-15,20-22,38H,5-12,16-17,19H2,1H3,(H,35,39)(H,37,40)(H,36,41,42)/t20?,21-,22-. The first-order chi connectivity index (χ1) is 21.3. The van der Waals surface area contributed by atoms with Crippen LogP contribution in [0.4, 0.5) is 16.0 Å². The van der Waals surface area contributed by atoms with Gasteiger partial charge in [-0.2, -0.15) is 9.65 Å². The fourth-order valence-corrected chi connectivity index (χ4v) is 5.83. The van der Waals surface area contributed by atoms with Crippen molar-refractivity contribution in [3.8, 4) is 17.3 Å². The van der Waals surface area contributed by atoms with E-state index in [0.717, 1.165) is 49.0 Å². The number of ether oxygens (including phenoxy) is 2. The second kappa shape index (κ2) is 14.9. The van der Waals surface area contributed by atoms with Crippen molar-refractivity contribution in [1.29, 1.82) is 5.26 Å². The zero-order valence-corrected chi connectivity index (χ0v) is 25.5. The van der Waals surface area contributed by atoms with Crippen molar-refractivity contribution in [2.24, 2.45) is 5.41 Å². The van der Waals surface area contributed by atoms with Crippen molar-refractivity contribution >= 4 is 23.2 Å². The Morgan fingerprint density at radius 1 is 1.18 bits per heavy atom. The molecule has 1 aliphatic carbocycles. The van der Waals surface area contributed by atoms with Gasteiger partial charge in [0.25, 0.3) is 5.56 Å². The molecular weight excluding hydrogens is 587 g/mol. The zero-order valence-electron chi connectivity index (χ0n) is 24.7. The third-order valence-electron chi connectivity index (χ3n) is 8.19. The number of anilines is 2. The number of rotatable bonds is 12. The highest BCUT2D eigenvalue weighted by Gasteiger charge is 2.32. The van der Waals surface area contributed by atoms with E-state index in [1.807, 2.05) is 24.3 Å². The van der Waals surface area contributed by atoms with E-state index in [0.29, 0.717) is 61.9 Å². The summed E-state index contributed by atoms with van der Waals surface area (Å²) in [6.45, 7) is 4.31. The van der Waals surface area contributed by atoms with Crippen molar-refractivity contribution in [2.45, 2.75) is 70.2 Å². The Hall–Kier alpha value is -3.63. The maximum Gasteiger partial charge on any atom is 0.287 e. The first-order valence-electron chi connectivity index (χ1n) is 15.0. The molecule has 1 saturated heterocycles. The van der Waals surface area contributed by atoms with Gasteiger partial charge in [0.1, 0.15) is 24.1 Å². The Balaban J connectivity index is 1.09. The van der Waals surface area contributed by atoms with Gasteiger partial charge in [-0.3, -0.25) is 4.79 Å². The maximum atomic E-state index is 13.1. The number of H-pyrrole nitrogens is 1. The molecule has 1 saturated carbocycles. The van der Waals surface area contributed by atoms with Gasteiger partial charge >= 0.3 is 0 Å². The lowest BCUT2D eigenvalue weighted by Crippen LogP contribution is -2.43. The number of hydrogen-bond donors (Lipinski definition) is 4. The third kappa shape index (κ3) is 8.51. The van der Waals surface area contributed by atoms with Gasteiger partial charge < -0.3 is 30.4 Å². The van der Waals surface area contributed by atoms with Crippen molar-refractivity contribution in [3.63, 3.8) is 0 Å². The quantitative estimate of drug-likeness (QED) is 0.224. The lowest BCUT2D eigenvalue weighted by molar-refractivity contribution is 0.0455. The van der Waals surface area contributed by atoms with Crippen molar-refractivity contribution < 1.29 is 13.9 Å². The monoisotopic (exact) mass is 624 g/mol. The molecular formula is C31H38ClFN8O3. The predicted molar refractivity (Wildman–Crippen MR) is 166 cm³/mol. The lowest BCUT2D eigenvalue weighted by atomic mass is 9.82. The maximum absolute atomic E-state index is 13.1. The molecule has 11 nitrogen and oxygen atoms in total. The van der Waals surface area contributed by atoms with Crippen LogP contribution in [-0.2, 0) is 16.1 Å². The highest BCUT2D eigenvalue weighted by Crippen LogP contribution is 2.32. The molecule has 0 spiro atoms. The van der Waals surface area contributed by atoms with Crippen LogP contribution in [-0.4, -0.2) is 64.4 Å². The first kappa shape index (κ1) is 31.8. The fourth-order valence-electron chi connectivity index (χ4n) is 5.63. The number of pyridine rings is 2. The minimum Gasteiger partial charge on any atom is -0.381 e. The van der Waals surface area contributed by atoms with E-state index >= 15 is 0 Å². The summed E-state index contributed by atoms with van der Waals surface area (Å²) in [4.78, 5) is 26.9. The molecule has 2 aliphatic rings. The number of nitrogens with zero attached hydrogens (tertiary/aromatic N) is 4. The minimum absolute atomic E-state index is 0.108. The Morgan fingerprint density at radius 2 is 1.95 bits per heavy atom. The van der Waals surface area contributed by atoms with E-state index < -0.39 is 16.8 Å². The van der Waals surface area contributed by atoms with Gasteiger partial charge in [-0.1, -0.05) is 17.7 Å². The summed E-state index contributed by atoms with van der Waals surface area (Å²) >= 11 is 6.56. The normalized spacial score (nSPS) is 20.4. The van der Waals surface area contributed by atoms with Crippen LogP contribution >= 0.6 is 11.6 Å². The van der Waals surface area contributed by atoms with Gasteiger partial charge in [-0.25, -0.2) is 15.0 Å². The molecule has 0 aromatic carbocycles. The molecule has 2 fully saturated rings. The number of halogens is 2. The minimum atomic E-state index is -0.909. The van der Waals surface area contributed by atoms with E-state index in [4.69, 9.17) is 26.1 Å². The van der Waals surface area contributed by atoms with Crippen molar-refractivity contribution in [1.82, 2.24) is 25.3 Å². The van der Waals surface area contributed by atoms with Crippen LogP contribution in [0, 0.1) is 22.6 Å². The molecule has 0 bridgehead atoms. The molecule has 4 heterocycles. The Kier molecular flexibility index (Phi) is 10.8. The molecule has 5 rings (SSSR count). The predicted octanol–water partition coefficient (Wildman–Crippen LogP) is 4.67. The summed E-state index contributed by atoms with van der Waals surface area (Å²) in [7, 11) is 0. The van der Waals surface area contributed by atoms with Crippen LogP contribution in [0.15, 0.2) is 41.5 Å². The average molecular weight is 625 g/mol. The van der Waals surface area contributed by atoms with Gasteiger partial charge in [-0.15, -0.1) is 0 Å². The van der Waals surface area contributed by atoms with E-state index in [1.165, 1.54) is 0 Å². The van der Waals surface area contributed by atoms with E-state index in [9.17, 15) is 14.4 Å². The summed E-state index contributed by atoms with van der Waals surface area (Å²) in [5.74, 6) is 0.835. The van der Waals surface area contributed by atoms with Gasteiger partial charge in [0.2, 0.25) is 5.82 Å². The second-order valence-corrected chi connectivity index (χ2v) is 12.0. The van der Waals surface area contributed by atoms with Gasteiger partial charge in [-0.05, 0) is 63.6 Å². The molecule has 0 amide bonds. The van der Waals surface area contributed by atoms with Crippen molar-refractivity contribution in [2.75, 3.05) is 37.0 Å². The zero-order chi connectivity index (χ0) is 30.9. The second-order valence-electron chi connectivity index (χ2n) is 11.6. The molecule has 3 aromatic heterocycles. The molecule has 1 atom stereocenters. The lowest BCUT2D eigenvalue weighted by Gasteiger charge is -2.32. The number of aromatic amines is 1. The summed E-state index contributed by atoms with van der Waals surface area (Å²) in [6, 6.07) is 10.9. The van der Waals surface area contributed by atoms with E-state index in [2.05, 4.69) is 43.9 Å². The van der Waals surface area contributed by atoms with Crippen LogP contribution in [0.2, 0.25) is 5.02 Å². The average Bonchev–Trinajstić information content (AvgIpc) is 3.04. The fraction of sp³-hybridized carbons (Fsp3) is 0.516. The SMILES string of the molecule is CC(COCc1ncc(F)c(=O)[nH]1)N[C@H]1CC[C@H](Nc2cc(-c3cccc(NCC4(C#N)CCOCC4)n3)c(Cl)cn2)CC1. The summed E-state index contributed by atoms with van der Waals surface area (Å²) < 4.78 is 24.2. The topological polar surface area (TPSA) is 150 Å². The molecule has 3 aromatic rings. The van der Waals surface area contributed by atoms with Crippen LogP contribution in [0.3, 0.4) is 0 Å². The highest BCUT2D eigenvalue weighted by atomic mass is 35.5. The van der Waals surface area contributed by atoms with E-state index in [-0.39, 0.29) is 18.7 Å². The molecule has 234 valence electrons. The molecule has 1 aliphatic heterocycles. The Morgan fingerprint density at radius 3 is 2.70 bits per heavy atom. The van der Waals surface area contributed by atoms with Crippen LogP contribution in [0.5, 0.6) is 0 Å². The summed E-state index contributed by atoms with van der Waals surface area (Å²) in [6.07, 6.45) is 7.92. The van der Waals surface area contributed by atoms with Crippen LogP contribution in [0.25, 0.3) is 11.3 Å². The first-order valence-corrected chi connectivity index (χ1v) is 15.4. The summed E-state index contributed by atoms with van der Waals surface area (Å²) in [5, 5.41) is 20.8. The Bertz CT molecular complexity index is 1500. The number of hydrogen-bond acceptors (Lipinski definition) is 10. The molecule has 13 heteroatoms. The van der Waals surface area contributed by atoms with Gasteiger partial charge in [0, 0.05) is 49.6 Å². The third-order valence-corrected chi connectivity index (χ3v) is 8.49. The van der Waals surface area contributed by atoms with Gasteiger partial charge in [0.15, 0.2) is 0 Å². The van der Waals surface area contributed by atoms with E-state index in [1.54, 1.807) is 6.20 Å². The largest absolute Gasteiger partial charge is 0.381 e. The molecule has 4 N–H and O–H groups in total. The van der Waals surface area contributed by atoms with Crippen molar-refractivity contribution in [3.05, 3.63) is 63.7 Å². The number of nitriles is 1. The molecule has 0 radical (unpaired) electrons. The number of nitrogens with one attached hydrogen (secondary N) is 4. The molecule has 44 heavy (non-hydrogen) atoms. The Labute approximate surface area is 261 Å². The van der Waals surface area contributed by atoms with Crippen LogP contribution in [0.1, 0.15) is 51.3 Å². The smallest absolute Gasteiger partial charge is 0.287 e. The van der Waals surface area contributed by atoms with Crippen LogP contribution < -0.4 is 21.5 Å².